The van der Waals surface area contributed by atoms with E-state index in [1.807, 2.05) is 0 Å². The average molecular weight is 226 g/mol. The molecule has 0 saturated carbocycles. The molecule has 1 aromatic carbocycles. The molecule has 0 spiro atoms. The summed E-state index contributed by atoms with van der Waals surface area (Å²) in [5.74, 6) is 0.239. The van der Waals surface area contributed by atoms with Crippen LogP contribution in [0, 0.1) is 18.3 Å². The van der Waals surface area contributed by atoms with Gasteiger partial charge in [0, 0.05) is 5.33 Å². The van der Waals surface area contributed by atoms with E-state index in [1.165, 1.54) is 0 Å². The van der Waals surface area contributed by atoms with Gasteiger partial charge < -0.3 is 5.11 Å². The lowest BCUT2D eigenvalue weighted by Gasteiger charge is -2.05. The van der Waals surface area contributed by atoms with Gasteiger partial charge in [-0.25, -0.2) is 0 Å². The minimum Gasteiger partial charge on any atom is -0.508 e. The molecule has 3 heteroatoms. The Morgan fingerprint density at radius 1 is 1.58 bits per heavy atom. The number of rotatable bonds is 1. The highest BCUT2D eigenvalue weighted by Gasteiger charge is 2.06. The molecule has 62 valence electrons. The van der Waals surface area contributed by atoms with E-state index in [4.69, 9.17) is 5.26 Å². The van der Waals surface area contributed by atoms with Gasteiger partial charge in [0.2, 0.25) is 0 Å². The van der Waals surface area contributed by atoms with E-state index in [1.54, 1.807) is 19.1 Å². The Balaban J connectivity index is 3.38. The molecule has 0 radical (unpaired) electrons. The van der Waals surface area contributed by atoms with E-state index in [0.29, 0.717) is 10.9 Å². The topological polar surface area (TPSA) is 44.0 Å². The van der Waals surface area contributed by atoms with Crippen LogP contribution in [-0.4, -0.2) is 5.11 Å². The number of phenols is 1. The van der Waals surface area contributed by atoms with Crippen LogP contribution in [-0.2, 0) is 5.33 Å². The van der Waals surface area contributed by atoms with E-state index in [0.717, 1.165) is 11.1 Å². The third-order valence-corrected chi connectivity index (χ3v) is 2.38. The quantitative estimate of drug-likeness (QED) is 0.747. The third kappa shape index (κ3) is 1.44. The van der Waals surface area contributed by atoms with Crippen LogP contribution in [0.3, 0.4) is 0 Å². The molecule has 1 rings (SSSR count). The molecule has 0 unspecified atom stereocenters. The predicted molar refractivity (Wildman–Crippen MR) is 50.2 cm³/mol. The fraction of sp³-hybridized carbons (Fsp3) is 0.222. The van der Waals surface area contributed by atoms with E-state index in [9.17, 15) is 5.11 Å². The van der Waals surface area contributed by atoms with Gasteiger partial charge in [0.05, 0.1) is 11.6 Å². The van der Waals surface area contributed by atoms with E-state index < -0.39 is 0 Å². The van der Waals surface area contributed by atoms with Crippen molar-refractivity contribution in [1.82, 2.24) is 0 Å². The van der Waals surface area contributed by atoms with Crippen molar-refractivity contribution in [3.63, 3.8) is 0 Å². The van der Waals surface area contributed by atoms with Crippen molar-refractivity contribution in [2.75, 3.05) is 0 Å². The number of nitriles is 1. The summed E-state index contributed by atoms with van der Waals surface area (Å²) in [6.45, 7) is 1.80. The smallest absolute Gasteiger partial charge is 0.118 e. The lowest BCUT2D eigenvalue weighted by molar-refractivity contribution is 0.470. The van der Waals surface area contributed by atoms with Gasteiger partial charge in [-0.1, -0.05) is 15.9 Å². The zero-order chi connectivity index (χ0) is 9.14. The summed E-state index contributed by atoms with van der Waals surface area (Å²) in [6.07, 6.45) is 0. The van der Waals surface area contributed by atoms with Crippen LogP contribution in [0.5, 0.6) is 5.75 Å². The molecule has 0 heterocycles. The Morgan fingerprint density at radius 3 is 2.75 bits per heavy atom. The van der Waals surface area contributed by atoms with Crippen molar-refractivity contribution in [3.05, 3.63) is 28.8 Å². The second kappa shape index (κ2) is 3.59. The van der Waals surface area contributed by atoms with Gasteiger partial charge in [-0.05, 0) is 30.2 Å². The third-order valence-electron chi connectivity index (χ3n) is 1.82. The fourth-order valence-corrected chi connectivity index (χ4v) is 1.74. The predicted octanol–water partition coefficient (Wildman–Crippen LogP) is 2.47. The second-order valence-corrected chi connectivity index (χ2v) is 3.04. The number of halogens is 1. The largest absolute Gasteiger partial charge is 0.508 e. The summed E-state index contributed by atoms with van der Waals surface area (Å²) in [5, 5.41) is 18.6. The Labute approximate surface area is 79.6 Å². The van der Waals surface area contributed by atoms with Gasteiger partial charge in [0.25, 0.3) is 0 Å². The Hall–Kier alpha value is -1.01. The molecule has 0 bridgehead atoms. The molecule has 0 amide bonds. The number of hydrogen-bond acceptors (Lipinski definition) is 2. The number of hydrogen-bond donors (Lipinski definition) is 1. The van der Waals surface area contributed by atoms with Gasteiger partial charge in [-0.3, -0.25) is 0 Å². The number of aromatic hydroxyl groups is 1. The molecule has 0 aliphatic carbocycles. The highest BCUT2D eigenvalue weighted by Crippen LogP contribution is 2.24. The van der Waals surface area contributed by atoms with E-state index in [2.05, 4.69) is 22.0 Å². The minimum absolute atomic E-state index is 0.239. The summed E-state index contributed by atoms with van der Waals surface area (Å²) in [6, 6.07) is 5.24. The number of phenolic OH excluding ortho intramolecular Hbond substituents is 1. The summed E-state index contributed by atoms with van der Waals surface area (Å²) in [4.78, 5) is 0. The first-order valence-corrected chi connectivity index (χ1v) is 4.60. The van der Waals surface area contributed by atoms with Gasteiger partial charge in [0.15, 0.2) is 0 Å². The molecular formula is C9H8BrNO. The van der Waals surface area contributed by atoms with Crippen molar-refractivity contribution in [1.29, 1.82) is 5.26 Å². The molecule has 1 N–H and O–H groups in total. The maximum absolute atomic E-state index is 9.32. The minimum atomic E-state index is 0.239. The molecule has 0 saturated heterocycles. The SMILES string of the molecule is Cc1c(O)ccc(C#N)c1CBr. The molecule has 1 aromatic rings. The average Bonchev–Trinajstić information content (AvgIpc) is 2.09. The molecule has 0 aliphatic heterocycles. The Morgan fingerprint density at radius 2 is 2.25 bits per heavy atom. The number of benzene rings is 1. The lowest BCUT2D eigenvalue weighted by Crippen LogP contribution is -1.90. The van der Waals surface area contributed by atoms with Crippen molar-refractivity contribution in [2.24, 2.45) is 0 Å². The fourth-order valence-electron chi connectivity index (χ4n) is 1.02. The maximum atomic E-state index is 9.32. The van der Waals surface area contributed by atoms with Crippen LogP contribution in [0.4, 0.5) is 0 Å². The summed E-state index contributed by atoms with van der Waals surface area (Å²) >= 11 is 3.27. The van der Waals surface area contributed by atoms with E-state index >= 15 is 0 Å². The number of nitrogens with zero attached hydrogens (tertiary/aromatic N) is 1. The first-order chi connectivity index (χ1) is 5.70. The zero-order valence-electron chi connectivity index (χ0n) is 6.63. The monoisotopic (exact) mass is 225 g/mol. The maximum Gasteiger partial charge on any atom is 0.118 e. The Kier molecular flexibility index (Phi) is 2.72. The first kappa shape index (κ1) is 9.08. The van der Waals surface area contributed by atoms with Crippen LogP contribution in [0.1, 0.15) is 16.7 Å². The van der Waals surface area contributed by atoms with Gasteiger partial charge >= 0.3 is 0 Å². The molecule has 12 heavy (non-hydrogen) atoms. The van der Waals surface area contributed by atoms with Gasteiger partial charge in [-0.2, -0.15) is 5.26 Å². The van der Waals surface area contributed by atoms with Crippen LogP contribution in [0.2, 0.25) is 0 Å². The molecular weight excluding hydrogens is 218 g/mol. The molecule has 0 atom stereocenters. The first-order valence-electron chi connectivity index (χ1n) is 3.48. The van der Waals surface area contributed by atoms with Crippen LogP contribution >= 0.6 is 15.9 Å². The molecule has 2 nitrogen and oxygen atoms in total. The lowest BCUT2D eigenvalue weighted by atomic mass is 10.0. The van der Waals surface area contributed by atoms with Crippen molar-refractivity contribution in [3.8, 4) is 11.8 Å². The van der Waals surface area contributed by atoms with E-state index in [-0.39, 0.29) is 5.75 Å². The molecule has 0 fully saturated rings. The highest BCUT2D eigenvalue weighted by atomic mass is 79.9. The standard InChI is InChI=1S/C9H8BrNO/c1-6-8(4-10)7(5-11)2-3-9(6)12/h2-3,12H,4H2,1H3. The van der Waals surface area contributed by atoms with Gasteiger partial charge in [-0.15, -0.1) is 0 Å². The zero-order valence-corrected chi connectivity index (χ0v) is 8.22. The normalized spacial score (nSPS) is 9.42. The van der Waals surface area contributed by atoms with Crippen LogP contribution in [0.15, 0.2) is 12.1 Å². The summed E-state index contributed by atoms with van der Waals surface area (Å²) in [5.41, 5.74) is 2.24. The number of alkyl halides is 1. The van der Waals surface area contributed by atoms with Crippen LogP contribution in [0.25, 0.3) is 0 Å². The van der Waals surface area contributed by atoms with Crippen LogP contribution < -0.4 is 0 Å². The van der Waals surface area contributed by atoms with Gasteiger partial charge in [0.1, 0.15) is 5.75 Å². The summed E-state index contributed by atoms with van der Waals surface area (Å²) < 4.78 is 0. The molecule has 0 aromatic heterocycles. The second-order valence-electron chi connectivity index (χ2n) is 2.48. The highest BCUT2D eigenvalue weighted by molar-refractivity contribution is 9.08. The molecule has 0 aliphatic rings. The van der Waals surface area contributed by atoms with Crippen molar-refractivity contribution in [2.45, 2.75) is 12.3 Å². The summed E-state index contributed by atoms with van der Waals surface area (Å²) in [7, 11) is 0. The van der Waals surface area contributed by atoms with Crippen molar-refractivity contribution >= 4 is 15.9 Å². The van der Waals surface area contributed by atoms with Crippen molar-refractivity contribution < 1.29 is 5.11 Å². The Bertz CT molecular complexity index is 341.